The first-order valence-electron chi connectivity index (χ1n) is 14.0. The lowest BCUT2D eigenvalue weighted by atomic mass is 9.67. The molecule has 0 aliphatic heterocycles. The van der Waals surface area contributed by atoms with Gasteiger partial charge in [-0.15, -0.1) is 0 Å². The Balaban J connectivity index is 1.57. The highest BCUT2D eigenvalue weighted by Gasteiger charge is 2.46. The van der Waals surface area contributed by atoms with Crippen molar-refractivity contribution in [1.29, 1.82) is 0 Å². The second-order valence-corrected chi connectivity index (χ2v) is 10.8. The molecule has 0 bridgehead atoms. The van der Waals surface area contributed by atoms with Crippen molar-refractivity contribution < 1.29 is 0 Å². The Hall–Kier alpha value is -4.88. The van der Waals surface area contributed by atoms with Gasteiger partial charge in [-0.25, -0.2) is 0 Å². The Bertz CT molecular complexity index is 1730. The molecule has 1 aliphatic rings. The Labute approximate surface area is 237 Å². The van der Waals surface area contributed by atoms with Gasteiger partial charge in [0.25, 0.3) is 0 Å². The number of nitrogens with zero attached hydrogens (tertiary/aromatic N) is 1. The van der Waals surface area contributed by atoms with E-state index in [9.17, 15) is 0 Å². The van der Waals surface area contributed by atoms with Crippen molar-refractivity contribution in [3.8, 4) is 11.1 Å². The van der Waals surface area contributed by atoms with Gasteiger partial charge in [-0.2, -0.15) is 0 Å². The second kappa shape index (κ2) is 9.70. The van der Waals surface area contributed by atoms with Crippen LogP contribution in [0, 0.1) is 13.8 Å². The third-order valence-corrected chi connectivity index (χ3v) is 8.22. The number of para-hydroxylation sites is 2. The number of benzene rings is 6. The molecule has 6 aromatic rings. The first kappa shape index (κ1) is 24.2. The fourth-order valence-corrected chi connectivity index (χ4v) is 6.55. The first-order valence-corrected chi connectivity index (χ1v) is 14.0. The zero-order chi connectivity index (χ0) is 27.1. The number of hydrogen-bond donors (Lipinski definition) is 0. The van der Waals surface area contributed by atoms with Crippen LogP contribution in [-0.2, 0) is 5.41 Å². The Morgan fingerprint density at radius 1 is 0.400 bits per heavy atom. The summed E-state index contributed by atoms with van der Waals surface area (Å²) in [6.07, 6.45) is 0. The number of anilines is 3. The summed E-state index contributed by atoms with van der Waals surface area (Å²) >= 11 is 0. The molecule has 0 unspecified atom stereocenters. The topological polar surface area (TPSA) is 3.24 Å². The summed E-state index contributed by atoms with van der Waals surface area (Å²) in [4.78, 5) is 2.36. The van der Waals surface area contributed by atoms with Crippen LogP contribution in [0.25, 0.3) is 11.1 Å². The second-order valence-electron chi connectivity index (χ2n) is 10.8. The highest BCUT2D eigenvalue weighted by atomic mass is 15.1. The van der Waals surface area contributed by atoms with Gasteiger partial charge >= 0.3 is 0 Å². The number of hydrogen-bond acceptors (Lipinski definition) is 1. The first-order chi connectivity index (χ1) is 19.7. The molecule has 1 aliphatic carbocycles. The molecule has 0 N–H and O–H groups in total. The molecule has 0 heterocycles. The van der Waals surface area contributed by atoms with Gasteiger partial charge in [0.05, 0.1) is 5.41 Å². The van der Waals surface area contributed by atoms with E-state index in [0.717, 1.165) is 17.1 Å². The predicted molar refractivity (Wildman–Crippen MR) is 168 cm³/mol. The minimum Gasteiger partial charge on any atom is -0.310 e. The van der Waals surface area contributed by atoms with Gasteiger partial charge in [-0.05, 0) is 83.6 Å². The lowest BCUT2D eigenvalue weighted by Crippen LogP contribution is -2.29. The molecule has 0 atom stereocenters. The molecule has 7 rings (SSSR count). The smallest absolute Gasteiger partial charge is 0.0714 e. The van der Waals surface area contributed by atoms with Crippen LogP contribution >= 0.6 is 0 Å². The molecule has 0 aromatic heterocycles. The molecule has 40 heavy (non-hydrogen) atoms. The molecular formula is C39H31N. The average Bonchev–Trinajstić information content (AvgIpc) is 3.29. The average molecular weight is 514 g/mol. The van der Waals surface area contributed by atoms with Crippen molar-refractivity contribution in [2.45, 2.75) is 19.3 Å². The summed E-state index contributed by atoms with van der Waals surface area (Å²) in [6.45, 7) is 4.39. The summed E-state index contributed by atoms with van der Waals surface area (Å²) in [7, 11) is 0. The van der Waals surface area contributed by atoms with E-state index < -0.39 is 5.41 Å². The van der Waals surface area contributed by atoms with Gasteiger partial charge in [0.1, 0.15) is 0 Å². The number of fused-ring (bicyclic) bond motifs is 3. The lowest BCUT2D eigenvalue weighted by Gasteiger charge is -2.35. The molecule has 1 heteroatoms. The SMILES string of the molecule is Cc1cccc(C2(c3cccc(C)c3)c3ccccc3-c3ccc(N(c4ccccc4)c4ccccc4)cc32)c1. The molecule has 0 amide bonds. The largest absolute Gasteiger partial charge is 0.310 e. The molecule has 0 saturated heterocycles. The van der Waals surface area contributed by atoms with Crippen molar-refractivity contribution >= 4 is 17.1 Å². The summed E-state index contributed by atoms with van der Waals surface area (Å²) in [5, 5.41) is 0. The summed E-state index contributed by atoms with van der Waals surface area (Å²) in [5.41, 5.74) is 13.4. The van der Waals surface area contributed by atoms with Gasteiger partial charge in [0, 0.05) is 17.1 Å². The highest BCUT2D eigenvalue weighted by Crippen LogP contribution is 2.57. The molecular weight excluding hydrogens is 482 g/mol. The summed E-state index contributed by atoms with van der Waals surface area (Å²) < 4.78 is 0. The van der Waals surface area contributed by atoms with Crippen LogP contribution in [0.1, 0.15) is 33.4 Å². The molecule has 0 fully saturated rings. The van der Waals surface area contributed by atoms with Crippen LogP contribution < -0.4 is 4.90 Å². The zero-order valence-corrected chi connectivity index (χ0v) is 22.9. The minimum absolute atomic E-state index is 0.432. The van der Waals surface area contributed by atoms with Crippen LogP contribution in [0.5, 0.6) is 0 Å². The van der Waals surface area contributed by atoms with Gasteiger partial charge in [0.15, 0.2) is 0 Å². The number of aryl methyl sites for hydroxylation is 2. The maximum absolute atomic E-state index is 2.43. The molecule has 1 nitrogen and oxygen atoms in total. The monoisotopic (exact) mass is 513 g/mol. The van der Waals surface area contributed by atoms with Crippen LogP contribution in [0.4, 0.5) is 17.1 Å². The molecule has 0 radical (unpaired) electrons. The minimum atomic E-state index is -0.432. The molecule has 0 spiro atoms. The summed E-state index contributed by atoms with van der Waals surface area (Å²) in [5.74, 6) is 0. The van der Waals surface area contributed by atoms with E-state index in [1.807, 2.05) is 0 Å². The fourth-order valence-electron chi connectivity index (χ4n) is 6.55. The van der Waals surface area contributed by atoms with Crippen LogP contribution in [-0.4, -0.2) is 0 Å². The van der Waals surface area contributed by atoms with Crippen molar-refractivity contribution in [1.82, 2.24) is 0 Å². The van der Waals surface area contributed by atoms with Gasteiger partial charge in [-0.1, -0.05) is 126 Å². The standard InChI is InChI=1S/C39H31N/c1-28-13-11-15-30(25-28)39(31-16-12-14-29(2)26-31)37-22-10-9-21-35(37)36-24-23-34(27-38(36)39)40(32-17-5-3-6-18-32)33-19-7-4-8-20-33/h3-27H,1-2H3. The van der Waals surface area contributed by atoms with E-state index in [2.05, 4.69) is 170 Å². The van der Waals surface area contributed by atoms with E-state index >= 15 is 0 Å². The van der Waals surface area contributed by atoms with E-state index in [4.69, 9.17) is 0 Å². The van der Waals surface area contributed by atoms with Crippen LogP contribution in [0.2, 0.25) is 0 Å². The van der Waals surface area contributed by atoms with E-state index in [1.165, 1.54) is 44.5 Å². The molecule has 6 aromatic carbocycles. The maximum Gasteiger partial charge on any atom is 0.0714 e. The van der Waals surface area contributed by atoms with Gasteiger partial charge in [-0.3, -0.25) is 0 Å². The van der Waals surface area contributed by atoms with Crippen molar-refractivity contribution in [2.75, 3.05) is 4.90 Å². The van der Waals surface area contributed by atoms with Crippen molar-refractivity contribution in [2.24, 2.45) is 0 Å². The van der Waals surface area contributed by atoms with E-state index in [-0.39, 0.29) is 0 Å². The van der Waals surface area contributed by atoms with Crippen molar-refractivity contribution in [3.05, 3.63) is 185 Å². The van der Waals surface area contributed by atoms with E-state index in [0.29, 0.717) is 0 Å². The van der Waals surface area contributed by atoms with Crippen molar-refractivity contribution in [3.63, 3.8) is 0 Å². The number of rotatable bonds is 5. The highest BCUT2D eigenvalue weighted by molar-refractivity contribution is 5.89. The molecule has 192 valence electrons. The quantitative estimate of drug-likeness (QED) is 0.221. The summed E-state index contributed by atoms with van der Waals surface area (Å²) in [6, 6.07) is 55.5. The Kier molecular flexibility index (Phi) is 5.86. The van der Waals surface area contributed by atoms with E-state index in [1.54, 1.807) is 0 Å². The predicted octanol–water partition coefficient (Wildman–Crippen LogP) is 10.1. The third-order valence-electron chi connectivity index (χ3n) is 8.22. The maximum atomic E-state index is 2.43. The zero-order valence-electron chi connectivity index (χ0n) is 22.9. The molecule has 0 saturated carbocycles. The van der Waals surface area contributed by atoms with Gasteiger partial charge in [0.2, 0.25) is 0 Å². The normalized spacial score (nSPS) is 12.9. The fraction of sp³-hybridized carbons (Fsp3) is 0.0769. The lowest BCUT2D eigenvalue weighted by molar-refractivity contribution is 0.766. The third kappa shape index (κ3) is 3.78. The van der Waals surface area contributed by atoms with Gasteiger partial charge < -0.3 is 4.90 Å². The van der Waals surface area contributed by atoms with Crippen LogP contribution in [0.3, 0.4) is 0 Å². The Morgan fingerprint density at radius 3 is 1.50 bits per heavy atom. The Morgan fingerprint density at radius 2 is 0.925 bits per heavy atom. The van der Waals surface area contributed by atoms with Crippen LogP contribution in [0.15, 0.2) is 152 Å².